The van der Waals surface area contributed by atoms with E-state index in [1.54, 1.807) is 14.1 Å². The summed E-state index contributed by atoms with van der Waals surface area (Å²) >= 11 is 0. The number of carbonyl (C=O) groups excluding carboxylic acids is 1. The predicted octanol–water partition coefficient (Wildman–Crippen LogP) is 1.43. The number of amides is 2. The molecule has 0 aliphatic carbocycles. The molecule has 3 nitrogen and oxygen atoms in total. The van der Waals surface area contributed by atoms with Gasteiger partial charge in [-0.15, -0.1) is 0 Å². The molecule has 3 heteroatoms. The summed E-state index contributed by atoms with van der Waals surface area (Å²) in [4.78, 5) is 12.5. The predicted molar refractivity (Wildman–Crippen MR) is 46.2 cm³/mol. The van der Waals surface area contributed by atoms with Crippen LogP contribution in [0.2, 0.25) is 0 Å². The highest BCUT2D eigenvalue weighted by molar-refractivity contribution is 5.75. The number of rotatable bonds is 2. The molecule has 0 aliphatic rings. The van der Waals surface area contributed by atoms with Gasteiger partial charge < -0.3 is 10.2 Å². The normalized spacial score (nSPS) is 9.55. The Morgan fingerprint density at radius 1 is 1.55 bits per heavy atom. The number of hydrogen-bond acceptors (Lipinski definition) is 1. The summed E-state index contributed by atoms with van der Waals surface area (Å²) < 4.78 is 0. The Labute approximate surface area is 68.1 Å². The second kappa shape index (κ2) is 4.01. The summed E-state index contributed by atoms with van der Waals surface area (Å²) in [6.07, 6.45) is 0. The minimum Gasteiger partial charge on any atom is -0.341 e. The van der Waals surface area contributed by atoms with Crippen molar-refractivity contribution in [3.8, 4) is 0 Å². The molecule has 2 amide bonds. The van der Waals surface area contributed by atoms with Gasteiger partial charge in [0.2, 0.25) is 0 Å². The maximum Gasteiger partial charge on any atom is 0.321 e. The van der Waals surface area contributed by atoms with E-state index in [1.165, 1.54) is 4.90 Å². The van der Waals surface area contributed by atoms with E-state index in [2.05, 4.69) is 11.9 Å². The fourth-order valence-electron chi connectivity index (χ4n) is 0.685. The standard InChI is InChI=1S/C8H16N2O/c1-6(2)7(3)10(5)8(11)9-4/h6H,3H2,1-2,4-5H3,(H,9,11). The molecule has 0 fully saturated rings. The Balaban J connectivity index is 4.13. The van der Waals surface area contributed by atoms with Crippen LogP contribution in [0.25, 0.3) is 0 Å². The van der Waals surface area contributed by atoms with E-state index in [4.69, 9.17) is 0 Å². The Morgan fingerprint density at radius 3 is 2.27 bits per heavy atom. The number of nitrogens with zero attached hydrogens (tertiary/aromatic N) is 1. The van der Waals surface area contributed by atoms with E-state index in [9.17, 15) is 4.79 Å². The summed E-state index contributed by atoms with van der Waals surface area (Å²) in [7, 11) is 3.31. The lowest BCUT2D eigenvalue weighted by Gasteiger charge is -2.21. The van der Waals surface area contributed by atoms with Crippen LogP contribution in [-0.2, 0) is 0 Å². The molecule has 0 atom stereocenters. The third-order valence-electron chi connectivity index (χ3n) is 1.62. The lowest BCUT2D eigenvalue weighted by Crippen LogP contribution is -2.35. The van der Waals surface area contributed by atoms with Crippen molar-refractivity contribution >= 4 is 6.03 Å². The van der Waals surface area contributed by atoms with Gasteiger partial charge in [0.05, 0.1) is 0 Å². The van der Waals surface area contributed by atoms with Crippen LogP contribution in [0.5, 0.6) is 0 Å². The van der Waals surface area contributed by atoms with E-state index >= 15 is 0 Å². The zero-order valence-corrected chi connectivity index (χ0v) is 7.64. The Hall–Kier alpha value is -0.990. The second-order valence-corrected chi connectivity index (χ2v) is 2.76. The molecule has 0 aromatic rings. The molecule has 11 heavy (non-hydrogen) atoms. The zero-order valence-electron chi connectivity index (χ0n) is 7.64. The van der Waals surface area contributed by atoms with Crippen LogP contribution in [0.4, 0.5) is 4.79 Å². The van der Waals surface area contributed by atoms with Gasteiger partial charge in [0.25, 0.3) is 0 Å². The van der Waals surface area contributed by atoms with Gasteiger partial charge in [-0.2, -0.15) is 0 Å². The lowest BCUT2D eigenvalue weighted by molar-refractivity contribution is 0.218. The molecule has 0 aromatic carbocycles. The summed E-state index contributed by atoms with van der Waals surface area (Å²) in [5.41, 5.74) is 0.823. The van der Waals surface area contributed by atoms with Crippen molar-refractivity contribution in [2.45, 2.75) is 13.8 Å². The number of allylic oxidation sites excluding steroid dienone is 1. The Kier molecular flexibility index (Phi) is 3.65. The quantitative estimate of drug-likeness (QED) is 0.644. The highest BCUT2D eigenvalue weighted by atomic mass is 16.2. The first-order valence-corrected chi connectivity index (χ1v) is 3.65. The molecular weight excluding hydrogens is 140 g/mol. The maximum absolute atomic E-state index is 11.0. The van der Waals surface area contributed by atoms with Gasteiger partial charge in [-0.3, -0.25) is 0 Å². The summed E-state index contributed by atoms with van der Waals surface area (Å²) in [6.45, 7) is 7.79. The first-order valence-electron chi connectivity index (χ1n) is 3.65. The molecule has 0 saturated carbocycles. The molecule has 0 unspecified atom stereocenters. The highest BCUT2D eigenvalue weighted by Gasteiger charge is 2.11. The van der Waals surface area contributed by atoms with Gasteiger partial charge in [-0.05, 0) is 5.92 Å². The van der Waals surface area contributed by atoms with Crippen molar-refractivity contribution in [2.24, 2.45) is 5.92 Å². The molecule has 0 bridgehead atoms. The molecule has 0 rings (SSSR count). The van der Waals surface area contributed by atoms with E-state index in [0.29, 0.717) is 5.92 Å². The molecule has 64 valence electrons. The highest BCUT2D eigenvalue weighted by Crippen LogP contribution is 2.09. The van der Waals surface area contributed by atoms with Crippen LogP contribution in [0.1, 0.15) is 13.8 Å². The molecule has 0 spiro atoms. The molecule has 0 saturated heterocycles. The maximum atomic E-state index is 11.0. The van der Waals surface area contributed by atoms with Crippen LogP contribution >= 0.6 is 0 Å². The summed E-state index contributed by atoms with van der Waals surface area (Å²) in [5, 5.41) is 2.53. The monoisotopic (exact) mass is 156 g/mol. The van der Waals surface area contributed by atoms with E-state index in [-0.39, 0.29) is 6.03 Å². The molecule has 0 radical (unpaired) electrons. The van der Waals surface area contributed by atoms with Crippen molar-refractivity contribution in [1.29, 1.82) is 0 Å². The molecule has 1 N–H and O–H groups in total. The molecule has 0 aliphatic heterocycles. The zero-order chi connectivity index (χ0) is 9.02. The number of urea groups is 1. The van der Waals surface area contributed by atoms with Crippen molar-refractivity contribution in [3.05, 3.63) is 12.3 Å². The third kappa shape index (κ3) is 2.62. The van der Waals surface area contributed by atoms with Crippen LogP contribution in [-0.4, -0.2) is 25.0 Å². The Bertz CT molecular complexity index is 163. The smallest absolute Gasteiger partial charge is 0.321 e. The minimum atomic E-state index is -0.122. The molecule has 0 aromatic heterocycles. The van der Waals surface area contributed by atoms with Crippen LogP contribution in [0.3, 0.4) is 0 Å². The van der Waals surface area contributed by atoms with Crippen LogP contribution < -0.4 is 5.32 Å². The second-order valence-electron chi connectivity index (χ2n) is 2.76. The average molecular weight is 156 g/mol. The van der Waals surface area contributed by atoms with Crippen molar-refractivity contribution in [3.63, 3.8) is 0 Å². The minimum absolute atomic E-state index is 0.122. The van der Waals surface area contributed by atoms with Gasteiger partial charge >= 0.3 is 6.03 Å². The van der Waals surface area contributed by atoms with Gasteiger partial charge in [-0.1, -0.05) is 20.4 Å². The number of nitrogens with one attached hydrogen (secondary N) is 1. The summed E-state index contributed by atoms with van der Waals surface area (Å²) in [5.74, 6) is 0.303. The molecule has 0 heterocycles. The summed E-state index contributed by atoms with van der Waals surface area (Å²) in [6, 6.07) is -0.122. The van der Waals surface area contributed by atoms with Gasteiger partial charge in [0.15, 0.2) is 0 Å². The first kappa shape index (κ1) is 10.0. The topological polar surface area (TPSA) is 32.3 Å². The lowest BCUT2D eigenvalue weighted by atomic mass is 10.1. The average Bonchev–Trinajstić information content (AvgIpc) is 2.00. The first-order chi connectivity index (χ1) is 5.00. The van der Waals surface area contributed by atoms with Crippen molar-refractivity contribution < 1.29 is 4.79 Å². The third-order valence-corrected chi connectivity index (χ3v) is 1.62. The van der Waals surface area contributed by atoms with E-state index in [0.717, 1.165) is 5.70 Å². The van der Waals surface area contributed by atoms with Crippen LogP contribution in [0.15, 0.2) is 12.3 Å². The van der Waals surface area contributed by atoms with E-state index in [1.807, 2.05) is 13.8 Å². The van der Waals surface area contributed by atoms with Gasteiger partial charge in [0, 0.05) is 19.8 Å². The fourth-order valence-corrected chi connectivity index (χ4v) is 0.685. The largest absolute Gasteiger partial charge is 0.341 e. The SMILES string of the molecule is C=C(C(C)C)N(C)C(=O)NC. The van der Waals surface area contributed by atoms with Crippen molar-refractivity contribution in [2.75, 3.05) is 14.1 Å². The van der Waals surface area contributed by atoms with Gasteiger partial charge in [-0.25, -0.2) is 4.79 Å². The Morgan fingerprint density at radius 2 is 2.00 bits per heavy atom. The van der Waals surface area contributed by atoms with Crippen molar-refractivity contribution in [1.82, 2.24) is 10.2 Å². The number of hydrogen-bond donors (Lipinski definition) is 1. The number of carbonyl (C=O) groups is 1. The van der Waals surface area contributed by atoms with Gasteiger partial charge in [0.1, 0.15) is 0 Å². The van der Waals surface area contributed by atoms with E-state index < -0.39 is 0 Å². The van der Waals surface area contributed by atoms with Crippen LogP contribution in [0, 0.1) is 5.92 Å². The fraction of sp³-hybridized carbons (Fsp3) is 0.625. The molecular formula is C8H16N2O.